The molecule has 2 rings (SSSR count). The molecule has 17 heavy (non-hydrogen) atoms. The Morgan fingerprint density at radius 1 is 1.18 bits per heavy atom. The molecule has 0 radical (unpaired) electrons. The summed E-state index contributed by atoms with van der Waals surface area (Å²) in [7, 11) is 0. The molecule has 0 saturated carbocycles. The van der Waals surface area contributed by atoms with Crippen LogP contribution < -0.4 is 0 Å². The Bertz CT molecular complexity index is 451. The van der Waals surface area contributed by atoms with Gasteiger partial charge in [0.15, 0.2) is 0 Å². The van der Waals surface area contributed by atoms with E-state index in [1.807, 2.05) is 0 Å². The third kappa shape index (κ3) is 3.67. The average Bonchev–Trinajstić information content (AvgIpc) is 2.85. The molecule has 0 amide bonds. The summed E-state index contributed by atoms with van der Waals surface area (Å²) in [6.07, 6.45) is 2.34. The van der Waals surface area contributed by atoms with Crippen LogP contribution in [0.4, 0.5) is 0 Å². The number of hydrogen-bond acceptors (Lipinski definition) is 1. The molecule has 0 fully saturated rings. The van der Waals surface area contributed by atoms with E-state index in [0.29, 0.717) is 5.92 Å². The molecule has 1 unspecified atom stereocenters. The highest BCUT2D eigenvalue weighted by Crippen LogP contribution is 2.30. The van der Waals surface area contributed by atoms with Gasteiger partial charge in [-0.05, 0) is 52.8 Å². The van der Waals surface area contributed by atoms with Crippen molar-refractivity contribution in [1.82, 2.24) is 0 Å². The molecule has 1 aromatic carbocycles. The molecule has 0 aliphatic heterocycles. The highest BCUT2D eigenvalue weighted by molar-refractivity contribution is 9.10. The zero-order valence-electron chi connectivity index (χ0n) is 9.40. The van der Waals surface area contributed by atoms with Crippen molar-refractivity contribution in [3.8, 4) is 0 Å². The van der Waals surface area contributed by atoms with Gasteiger partial charge in [0.05, 0.1) is 0 Å². The predicted octanol–water partition coefficient (Wildman–Crippen LogP) is 5.62. The summed E-state index contributed by atoms with van der Waals surface area (Å²) < 4.78 is 1.22. The van der Waals surface area contributed by atoms with Gasteiger partial charge < -0.3 is 0 Å². The largest absolute Gasteiger partial charge is 0.152 e. The van der Waals surface area contributed by atoms with Crippen molar-refractivity contribution >= 4 is 43.2 Å². The van der Waals surface area contributed by atoms with Gasteiger partial charge in [0.25, 0.3) is 0 Å². The monoisotopic (exact) mass is 372 g/mol. The quantitative estimate of drug-likeness (QED) is 0.596. The summed E-state index contributed by atoms with van der Waals surface area (Å²) in [5.41, 5.74) is 2.85. The minimum atomic E-state index is 0.575. The molecule has 0 saturated heterocycles. The smallest absolute Gasteiger partial charge is 0.0210 e. The van der Waals surface area contributed by atoms with Crippen LogP contribution >= 0.6 is 43.2 Å². The fraction of sp³-hybridized carbons (Fsp3) is 0.286. The molecule has 0 nitrogen and oxygen atoms in total. The zero-order valence-corrected chi connectivity index (χ0v) is 13.4. The first-order valence-corrected chi connectivity index (χ1v) is 8.48. The summed E-state index contributed by atoms with van der Waals surface area (Å²) >= 11 is 9.05. The summed E-state index contributed by atoms with van der Waals surface area (Å²) in [5, 5.41) is 5.40. The van der Waals surface area contributed by atoms with Crippen molar-refractivity contribution in [1.29, 1.82) is 0 Å². The van der Waals surface area contributed by atoms with E-state index >= 15 is 0 Å². The Balaban J connectivity index is 2.04. The van der Waals surface area contributed by atoms with Gasteiger partial charge >= 0.3 is 0 Å². The highest BCUT2D eigenvalue weighted by Gasteiger charge is 2.13. The molecule has 1 heterocycles. The summed E-state index contributed by atoms with van der Waals surface area (Å²) in [6.45, 7) is 0. The molecule has 90 valence electrons. The SMILES string of the molecule is BrCC(CCc1ccsc1)c1ccccc1Br. The number of hydrogen-bond donors (Lipinski definition) is 0. The third-order valence-electron chi connectivity index (χ3n) is 2.89. The molecule has 1 atom stereocenters. The molecular formula is C14H14Br2S. The van der Waals surface area contributed by atoms with E-state index in [0.717, 1.165) is 11.8 Å². The maximum atomic E-state index is 3.64. The van der Waals surface area contributed by atoms with E-state index in [-0.39, 0.29) is 0 Å². The van der Waals surface area contributed by atoms with Gasteiger partial charge in [-0.3, -0.25) is 0 Å². The van der Waals surface area contributed by atoms with Crippen molar-refractivity contribution in [3.63, 3.8) is 0 Å². The number of thiophene rings is 1. The molecule has 1 aromatic heterocycles. The minimum absolute atomic E-state index is 0.575. The number of halogens is 2. The van der Waals surface area contributed by atoms with Crippen LogP contribution in [0.2, 0.25) is 0 Å². The first-order chi connectivity index (χ1) is 8.31. The second kappa shape index (κ2) is 6.72. The maximum absolute atomic E-state index is 3.64. The van der Waals surface area contributed by atoms with Crippen molar-refractivity contribution in [2.45, 2.75) is 18.8 Å². The lowest BCUT2D eigenvalue weighted by Gasteiger charge is -2.15. The van der Waals surface area contributed by atoms with Crippen LogP contribution in [0.15, 0.2) is 45.6 Å². The number of benzene rings is 1. The first-order valence-electron chi connectivity index (χ1n) is 5.62. The van der Waals surface area contributed by atoms with Gasteiger partial charge in [0.1, 0.15) is 0 Å². The van der Waals surface area contributed by atoms with E-state index in [4.69, 9.17) is 0 Å². The van der Waals surface area contributed by atoms with Crippen LogP contribution in [-0.2, 0) is 6.42 Å². The first kappa shape index (κ1) is 13.3. The van der Waals surface area contributed by atoms with E-state index < -0.39 is 0 Å². The maximum Gasteiger partial charge on any atom is 0.0210 e. The fourth-order valence-corrected chi connectivity index (χ4v) is 3.88. The van der Waals surface area contributed by atoms with E-state index in [2.05, 4.69) is 73.0 Å². The lowest BCUT2D eigenvalue weighted by molar-refractivity contribution is 0.690. The zero-order chi connectivity index (χ0) is 12.1. The molecule has 3 heteroatoms. The van der Waals surface area contributed by atoms with Crippen molar-refractivity contribution in [2.24, 2.45) is 0 Å². The van der Waals surface area contributed by atoms with Gasteiger partial charge in [0.2, 0.25) is 0 Å². The fourth-order valence-electron chi connectivity index (χ4n) is 1.90. The molecule has 0 bridgehead atoms. The van der Waals surface area contributed by atoms with Gasteiger partial charge in [-0.15, -0.1) is 0 Å². The van der Waals surface area contributed by atoms with Gasteiger partial charge in [0, 0.05) is 9.80 Å². The second-order valence-electron chi connectivity index (χ2n) is 4.04. The number of aryl methyl sites for hydroxylation is 1. The van der Waals surface area contributed by atoms with Gasteiger partial charge in [-0.25, -0.2) is 0 Å². The predicted molar refractivity (Wildman–Crippen MR) is 83.3 cm³/mol. The van der Waals surface area contributed by atoms with Crippen LogP contribution in [0.3, 0.4) is 0 Å². The van der Waals surface area contributed by atoms with Crippen LogP contribution in [-0.4, -0.2) is 5.33 Å². The molecular weight excluding hydrogens is 360 g/mol. The van der Waals surface area contributed by atoms with E-state index in [1.54, 1.807) is 11.3 Å². The van der Waals surface area contributed by atoms with Crippen molar-refractivity contribution < 1.29 is 0 Å². The van der Waals surface area contributed by atoms with Crippen LogP contribution in [0.25, 0.3) is 0 Å². The number of alkyl halides is 1. The van der Waals surface area contributed by atoms with Crippen LogP contribution in [0, 0.1) is 0 Å². The van der Waals surface area contributed by atoms with Gasteiger partial charge in [-0.1, -0.05) is 50.1 Å². The third-order valence-corrected chi connectivity index (χ3v) is 5.13. The normalized spacial score (nSPS) is 12.6. The Kier molecular flexibility index (Phi) is 5.26. The Labute approximate surface area is 123 Å². The Morgan fingerprint density at radius 3 is 2.65 bits per heavy atom. The van der Waals surface area contributed by atoms with Crippen LogP contribution in [0.5, 0.6) is 0 Å². The molecule has 0 aliphatic rings. The minimum Gasteiger partial charge on any atom is -0.152 e. The lowest BCUT2D eigenvalue weighted by Crippen LogP contribution is -2.03. The number of rotatable bonds is 5. The summed E-state index contributed by atoms with van der Waals surface area (Å²) in [5.74, 6) is 0.575. The Morgan fingerprint density at radius 2 is 2.00 bits per heavy atom. The standard InChI is InChI=1S/C14H14Br2S/c15-9-12(6-5-11-7-8-17-10-11)13-3-1-2-4-14(13)16/h1-4,7-8,10,12H,5-6,9H2. The summed E-state index contributed by atoms with van der Waals surface area (Å²) in [6, 6.07) is 10.7. The van der Waals surface area contributed by atoms with Gasteiger partial charge in [-0.2, -0.15) is 11.3 Å². The Hall–Kier alpha value is -0.120. The summed E-state index contributed by atoms with van der Waals surface area (Å²) in [4.78, 5) is 0. The van der Waals surface area contributed by atoms with Crippen LogP contribution in [0.1, 0.15) is 23.5 Å². The molecule has 0 aliphatic carbocycles. The molecule has 0 spiro atoms. The molecule has 2 aromatic rings. The lowest BCUT2D eigenvalue weighted by atomic mass is 9.95. The van der Waals surface area contributed by atoms with Crippen molar-refractivity contribution in [2.75, 3.05) is 5.33 Å². The average molecular weight is 374 g/mol. The topological polar surface area (TPSA) is 0 Å². The second-order valence-corrected chi connectivity index (χ2v) is 6.32. The highest BCUT2D eigenvalue weighted by atomic mass is 79.9. The molecule has 0 N–H and O–H groups in total. The van der Waals surface area contributed by atoms with E-state index in [9.17, 15) is 0 Å². The van der Waals surface area contributed by atoms with Crippen molar-refractivity contribution in [3.05, 3.63) is 56.7 Å². The van der Waals surface area contributed by atoms with E-state index in [1.165, 1.54) is 22.0 Å².